The Hall–Kier alpha value is -2.73. The molecule has 0 bridgehead atoms. The minimum Gasteiger partial charge on any atom is -0.471 e. The molecule has 0 saturated heterocycles. The van der Waals surface area contributed by atoms with Crippen LogP contribution in [0.4, 0.5) is 0 Å². The Morgan fingerprint density at radius 3 is 2.80 bits per heavy atom. The molecule has 0 fully saturated rings. The summed E-state index contributed by atoms with van der Waals surface area (Å²) in [6.07, 6.45) is 0.452. The first-order valence-corrected chi connectivity index (χ1v) is 8.02. The van der Waals surface area contributed by atoms with Crippen LogP contribution in [0.5, 0.6) is 5.75 Å². The zero-order valence-corrected chi connectivity index (χ0v) is 14.3. The molecule has 0 spiro atoms. The molecule has 0 saturated carbocycles. The molecule has 0 aliphatic heterocycles. The number of hydrogen-bond donors (Lipinski definition) is 0. The molecule has 0 aliphatic carbocycles. The number of fused-ring (bicyclic) bond motifs is 1. The lowest BCUT2D eigenvalue weighted by molar-refractivity contribution is -0.150. The summed E-state index contributed by atoms with van der Waals surface area (Å²) in [6.45, 7) is 3.39. The van der Waals surface area contributed by atoms with Crippen molar-refractivity contribution in [2.75, 3.05) is 6.61 Å². The highest BCUT2D eigenvalue weighted by atomic mass is 35.5. The number of ether oxygens (including phenoxy) is 2. The highest BCUT2D eigenvalue weighted by Crippen LogP contribution is 2.32. The van der Waals surface area contributed by atoms with Gasteiger partial charge < -0.3 is 18.3 Å². The molecule has 2 heterocycles. The monoisotopic (exact) mass is 362 g/mol. The summed E-state index contributed by atoms with van der Waals surface area (Å²) in [4.78, 5) is 24.7. The molecule has 25 heavy (non-hydrogen) atoms. The lowest BCUT2D eigenvalue weighted by atomic mass is 10.2. The van der Waals surface area contributed by atoms with E-state index in [4.69, 9.17) is 29.9 Å². The minimum atomic E-state index is -0.992. The Labute approximate surface area is 147 Å². The lowest BCUT2D eigenvalue weighted by Gasteiger charge is -2.15. The van der Waals surface area contributed by atoms with Crippen molar-refractivity contribution in [3.8, 4) is 17.3 Å². The van der Waals surface area contributed by atoms with Gasteiger partial charge in [0.15, 0.2) is 11.9 Å². The number of carbonyl (C=O) groups excluding carboxylic acids is 1. The summed E-state index contributed by atoms with van der Waals surface area (Å²) in [5.41, 5.74) is -0.122. The standard InChI is InChI=1S/C18H15ClO6/c1-3-22-18(21)10(2)24-17-15(20)12-9-11(19)6-7-13(12)25-16(17)14-5-4-8-23-14/h4-10H,3H2,1-2H3/t10-/m0/s1. The van der Waals surface area contributed by atoms with Gasteiger partial charge in [-0.25, -0.2) is 4.79 Å². The van der Waals surface area contributed by atoms with Gasteiger partial charge in [-0.3, -0.25) is 4.79 Å². The molecule has 3 aromatic rings. The zero-order valence-electron chi connectivity index (χ0n) is 13.6. The van der Waals surface area contributed by atoms with Crippen LogP contribution in [-0.2, 0) is 9.53 Å². The number of hydrogen-bond acceptors (Lipinski definition) is 6. The summed E-state index contributed by atoms with van der Waals surface area (Å²) < 4.78 is 21.6. The van der Waals surface area contributed by atoms with Gasteiger partial charge in [-0.2, -0.15) is 0 Å². The normalized spacial score (nSPS) is 12.1. The van der Waals surface area contributed by atoms with Crippen molar-refractivity contribution in [3.63, 3.8) is 0 Å². The van der Waals surface area contributed by atoms with Crippen LogP contribution < -0.4 is 10.2 Å². The van der Waals surface area contributed by atoms with Crippen molar-refractivity contribution in [1.29, 1.82) is 0 Å². The number of esters is 1. The Morgan fingerprint density at radius 2 is 2.12 bits per heavy atom. The van der Waals surface area contributed by atoms with Crippen LogP contribution in [-0.4, -0.2) is 18.7 Å². The minimum absolute atomic E-state index is 0.0981. The van der Waals surface area contributed by atoms with Gasteiger partial charge in [0, 0.05) is 5.02 Å². The Bertz CT molecular complexity index is 958. The number of carbonyl (C=O) groups is 1. The average molecular weight is 363 g/mol. The SMILES string of the molecule is CCOC(=O)[C@H](C)Oc1c(-c2ccco2)oc2ccc(Cl)cc2c1=O. The van der Waals surface area contributed by atoms with Crippen molar-refractivity contribution in [3.05, 3.63) is 51.8 Å². The van der Waals surface area contributed by atoms with E-state index in [1.54, 1.807) is 31.2 Å². The molecular formula is C18H15ClO6. The molecule has 0 amide bonds. The Kier molecular flexibility index (Phi) is 4.81. The average Bonchev–Trinajstić information content (AvgIpc) is 3.12. The summed E-state index contributed by atoms with van der Waals surface area (Å²) in [7, 11) is 0. The fraction of sp³-hybridized carbons (Fsp3) is 0.222. The molecule has 0 unspecified atom stereocenters. The first kappa shape index (κ1) is 17.1. The zero-order chi connectivity index (χ0) is 18.0. The summed E-state index contributed by atoms with van der Waals surface area (Å²) in [6, 6.07) is 7.96. The van der Waals surface area contributed by atoms with Crippen LogP contribution in [0.3, 0.4) is 0 Å². The second-order valence-electron chi connectivity index (χ2n) is 5.22. The summed E-state index contributed by atoms with van der Waals surface area (Å²) >= 11 is 5.97. The Morgan fingerprint density at radius 1 is 1.32 bits per heavy atom. The first-order valence-electron chi connectivity index (χ1n) is 7.64. The summed E-state index contributed by atoms with van der Waals surface area (Å²) in [5.74, 6) is -0.315. The van der Waals surface area contributed by atoms with Crippen LogP contribution in [0, 0.1) is 0 Å². The highest BCUT2D eigenvalue weighted by Gasteiger charge is 2.24. The van der Waals surface area contributed by atoms with Gasteiger partial charge in [-0.15, -0.1) is 0 Å². The molecule has 6 nitrogen and oxygen atoms in total. The van der Waals surface area contributed by atoms with E-state index in [-0.39, 0.29) is 23.5 Å². The van der Waals surface area contributed by atoms with E-state index < -0.39 is 17.5 Å². The number of furan rings is 1. The van der Waals surface area contributed by atoms with Gasteiger partial charge in [0.25, 0.3) is 0 Å². The fourth-order valence-corrected chi connectivity index (χ4v) is 2.48. The molecule has 130 valence electrons. The van der Waals surface area contributed by atoms with Crippen molar-refractivity contribution < 1.29 is 23.1 Å². The van der Waals surface area contributed by atoms with E-state index in [0.717, 1.165) is 0 Å². The van der Waals surface area contributed by atoms with E-state index in [1.807, 2.05) is 0 Å². The predicted molar refractivity (Wildman–Crippen MR) is 91.9 cm³/mol. The predicted octanol–water partition coefficient (Wildman–Crippen LogP) is 4.04. The van der Waals surface area contributed by atoms with Gasteiger partial charge >= 0.3 is 5.97 Å². The van der Waals surface area contributed by atoms with Gasteiger partial charge in [0.2, 0.25) is 16.9 Å². The second-order valence-corrected chi connectivity index (χ2v) is 5.66. The molecule has 3 rings (SSSR count). The third kappa shape index (κ3) is 3.39. The van der Waals surface area contributed by atoms with Crippen LogP contribution in [0.15, 0.2) is 50.2 Å². The maximum atomic E-state index is 12.9. The molecule has 2 aromatic heterocycles. The molecule has 7 heteroatoms. The number of rotatable bonds is 5. The maximum absolute atomic E-state index is 12.9. The van der Waals surface area contributed by atoms with Crippen LogP contribution in [0.1, 0.15) is 13.8 Å². The molecule has 0 radical (unpaired) electrons. The van der Waals surface area contributed by atoms with E-state index >= 15 is 0 Å². The van der Waals surface area contributed by atoms with E-state index in [1.165, 1.54) is 19.3 Å². The maximum Gasteiger partial charge on any atom is 0.347 e. The van der Waals surface area contributed by atoms with Crippen LogP contribution >= 0.6 is 11.6 Å². The number of benzene rings is 1. The van der Waals surface area contributed by atoms with Gasteiger partial charge in [0.05, 0.1) is 18.3 Å². The van der Waals surface area contributed by atoms with Crippen molar-refractivity contribution in [2.45, 2.75) is 20.0 Å². The molecule has 0 aliphatic rings. The van der Waals surface area contributed by atoms with E-state index in [9.17, 15) is 9.59 Å². The molecule has 1 atom stereocenters. The van der Waals surface area contributed by atoms with Gasteiger partial charge in [-0.05, 0) is 44.2 Å². The van der Waals surface area contributed by atoms with Crippen molar-refractivity contribution >= 4 is 28.5 Å². The third-order valence-corrected chi connectivity index (χ3v) is 3.70. The largest absolute Gasteiger partial charge is 0.471 e. The molecule has 0 N–H and O–H groups in total. The van der Waals surface area contributed by atoms with Crippen LogP contribution in [0.2, 0.25) is 5.02 Å². The van der Waals surface area contributed by atoms with Crippen molar-refractivity contribution in [2.24, 2.45) is 0 Å². The lowest BCUT2D eigenvalue weighted by Crippen LogP contribution is -2.28. The quantitative estimate of drug-likeness (QED) is 0.637. The van der Waals surface area contributed by atoms with Gasteiger partial charge in [0.1, 0.15) is 5.58 Å². The second kappa shape index (κ2) is 7.03. The Balaban J connectivity index is 2.17. The third-order valence-electron chi connectivity index (χ3n) is 3.47. The fourth-order valence-electron chi connectivity index (χ4n) is 2.31. The van der Waals surface area contributed by atoms with E-state index in [0.29, 0.717) is 16.4 Å². The first-order chi connectivity index (χ1) is 12.0. The van der Waals surface area contributed by atoms with E-state index in [2.05, 4.69) is 0 Å². The molecular weight excluding hydrogens is 348 g/mol. The topological polar surface area (TPSA) is 78.9 Å². The van der Waals surface area contributed by atoms with Gasteiger partial charge in [-0.1, -0.05) is 11.6 Å². The van der Waals surface area contributed by atoms with Crippen LogP contribution in [0.25, 0.3) is 22.5 Å². The van der Waals surface area contributed by atoms with Crippen molar-refractivity contribution in [1.82, 2.24) is 0 Å². The highest BCUT2D eigenvalue weighted by molar-refractivity contribution is 6.31. The summed E-state index contributed by atoms with van der Waals surface area (Å²) in [5, 5.41) is 0.629. The number of halogens is 1. The smallest absolute Gasteiger partial charge is 0.347 e. The molecule has 1 aromatic carbocycles.